The number of aromatic nitrogens is 2. The van der Waals surface area contributed by atoms with Crippen LogP contribution in [-0.2, 0) is 4.79 Å². The van der Waals surface area contributed by atoms with Gasteiger partial charge in [0.05, 0.1) is 12.4 Å². The molecule has 1 aliphatic rings. The fourth-order valence-electron chi connectivity index (χ4n) is 2.18. The SMILES string of the molecule is CC1CCN(c2cnc(C#N)cn2)C(C(=O)O)C1. The molecule has 2 unspecified atom stereocenters. The van der Waals surface area contributed by atoms with Crippen molar-refractivity contribution < 1.29 is 9.90 Å². The van der Waals surface area contributed by atoms with Crippen LogP contribution in [0.1, 0.15) is 25.5 Å². The van der Waals surface area contributed by atoms with Gasteiger partial charge in [0.25, 0.3) is 0 Å². The molecule has 2 atom stereocenters. The van der Waals surface area contributed by atoms with Gasteiger partial charge in [0, 0.05) is 6.54 Å². The normalized spacial score (nSPS) is 23.4. The summed E-state index contributed by atoms with van der Waals surface area (Å²) in [5, 5.41) is 17.9. The van der Waals surface area contributed by atoms with Crippen LogP contribution in [0.5, 0.6) is 0 Å². The maximum atomic E-state index is 11.3. The van der Waals surface area contributed by atoms with E-state index in [-0.39, 0.29) is 5.69 Å². The number of rotatable bonds is 2. The highest BCUT2D eigenvalue weighted by atomic mass is 16.4. The van der Waals surface area contributed by atoms with Gasteiger partial charge < -0.3 is 10.0 Å². The Labute approximate surface area is 105 Å². The van der Waals surface area contributed by atoms with Gasteiger partial charge in [-0.15, -0.1) is 0 Å². The van der Waals surface area contributed by atoms with Gasteiger partial charge in [-0.25, -0.2) is 14.8 Å². The molecule has 1 N–H and O–H groups in total. The lowest BCUT2D eigenvalue weighted by Gasteiger charge is -2.36. The second kappa shape index (κ2) is 5.00. The van der Waals surface area contributed by atoms with Crippen LogP contribution in [0.4, 0.5) is 5.82 Å². The van der Waals surface area contributed by atoms with Gasteiger partial charge >= 0.3 is 5.97 Å². The van der Waals surface area contributed by atoms with Crippen molar-refractivity contribution in [3.05, 3.63) is 18.1 Å². The predicted octanol–water partition coefficient (Wildman–Crippen LogP) is 1.04. The van der Waals surface area contributed by atoms with Crippen molar-refractivity contribution in [2.75, 3.05) is 11.4 Å². The summed E-state index contributed by atoms with van der Waals surface area (Å²) in [6.45, 7) is 2.70. The van der Waals surface area contributed by atoms with Crippen molar-refractivity contribution in [1.29, 1.82) is 5.26 Å². The van der Waals surface area contributed by atoms with Crippen molar-refractivity contribution in [2.24, 2.45) is 5.92 Å². The van der Waals surface area contributed by atoms with Crippen LogP contribution in [-0.4, -0.2) is 33.6 Å². The fraction of sp³-hybridized carbons (Fsp3) is 0.500. The van der Waals surface area contributed by atoms with Crippen molar-refractivity contribution in [2.45, 2.75) is 25.8 Å². The van der Waals surface area contributed by atoms with E-state index in [1.807, 2.05) is 6.07 Å². The number of carbonyl (C=O) groups is 1. The van der Waals surface area contributed by atoms with Gasteiger partial charge in [0.15, 0.2) is 5.69 Å². The first kappa shape index (κ1) is 12.3. The van der Waals surface area contributed by atoms with E-state index >= 15 is 0 Å². The fourth-order valence-corrected chi connectivity index (χ4v) is 2.18. The molecule has 18 heavy (non-hydrogen) atoms. The molecule has 1 saturated heterocycles. The second-order valence-electron chi connectivity index (χ2n) is 4.55. The minimum Gasteiger partial charge on any atom is -0.480 e. The molecule has 2 heterocycles. The maximum absolute atomic E-state index is 11.3. The molecule has 94 valence electrons. The zero-order valence-electron chi connectivity index (χ0n) is 10.1. The summed E-state index contributed by atoms with van der Waals surface area (Å²) in [6.07, 6.45) is 4.37. The van der Waals surface area contributed by atoms with E-state index < -0.39 is 12.0 Å². The van der Waals surface area contributed by atoms with Gasteiger partial charge in [-0.2, -0.15) is 5.26 Å². The monoisotopic (exact) mass is 246 g/mol. The number of hydrogen-bond acceptors (Lipinski definition) is 5. The zero-order chi connectivity index (χ0) is 13.1. The van der Waals surface area contributed by atoms with Gasteiger partial charge in [-0.05, 0) is 18.8 Å². The van der Waals surface area contributed by atoms with Gasteiger partial charge in [-0.1, -0.05) is 6.92 Å². The third-order valence-electron chi connectivity index (χ3n) is 3.20. The van der Waals surface area contributed by atoms with Crippen LogP contribution >= 0.6 is 0 Å². The molecule has 0 saturated carbocycles. The second-order valence-corrected chi connectivity index (χ2v) is 4.55. The number of nitriles is 1. The predicted molar refractivity (Wildman–Crippen MR) is 63.9 cm³/mol. The molecule has 1 aromatic rings. The number of anilines is 1. The van der Waals surface area contributed by atoms with Gasteiger partial charge in [0.2, 0.25) is 0 Å². The summed E-state index contributed by atoms with van der Waals surface area (Å²) in [5.74, 6) is 0.0784. The van der Waals surface area contributed by atoms with Crippen LogP contribution in [0.15, 0.2) is 12.4 Å². The van der Waals surface area contributed by atoms with Crippen LogP contribution in [0.25, 0.3) is 0 Å². The lowest BCUT2D eigenvalue weighted by molar-refractivity contribution is -0.139. The molecule has 6 heteroatoms. The van der Waals surface area contributed by atoms with E-state index in [0.29, 0.717) is 24.7 Å². The van der Waals surface area contributed by atoms with E-state index in [1.165, 1.54) is 12.4 Å². The Balaban J connectivity index is 2.24. The minimum atomic E-state index is -0.840. The van der Waals surface area contributed by atoms with Gasteiger partial charge in [0.1, 0.15) is 17.9 Å². The summed E-state index contributed by atoms with van der Waals surface area (Å²) >= 11 is 0. The van der Waals surface area contributed by atoms with E-state index in [2.05, 4.69) is 16.9 Å². The topological polar surface area (TPSA) is 90.1 Å². The Morgan fingerprint density at radius 3 is 2.89 bits per heavy atom. The van der Waals surface area contributed by atoms with E-state index in [9.17, 15) is 9.90 Å². The molecule has 0 bridgehead atoms. The van der Waals surface area contributed by atoms with Crippen LogP contribution < -0.4 is 4.90 Å². The molecule has 2 rings (SSSR count). The van der Waals surface area contributed by atoms with Crippen molar-refractivity contribution >= 4 is 11.8 Å². The number of hydrogen-bond donors (Lipinski definition) is 1. The van der Waals surface area contributed by atoms with Crippen molar-refractivity contribution in [3.8, 4) is 6.07 Å². The Morgan fingerprint density at radius 1 is 1.56 bits per heavy atom. The lowest BCUT2D eigenvalue weighted by atomic mass is 9.92. The molecule has 6 nitrogen and oxygen atoms in total. The Hall–Kier alpha value is -2.16. The van der Waals surface area contributed by atoms with Crippen LogP contribution in [0.3, 0.4) is 0 Å². The molecule has 0 radical (unpaired) electrons. The summed E-state index contributed by atoms with van der Waals surface area (Å²) < 4.78 is 0. The zero-order valence-corrected chi connectivity index (χ0v) is 10.1. The quantitative estimate of drug-likeness (QED) is 0.838. The molecule has 1 aliphatic heterocycles. The molecule has 1 aromatic heterocycles. The third kappa shape index (κ3) is 2.40. The average molecular weight is 246 g/mol. The summed E-state index contributed by atoms with van der Waals surface area (Å²) in [4.78, 5) is 21.0. The first-order valence-electron chi connectivity index (χ1n) is 5.83. The average Bonchev–Trinajstić information content (AvgIpc) is 2.39. The van der Waals surface area contributed by atoms with E-state index in [1.54, 1.807) is 4.90 Å². The van der Waals surface area contributed by atoms with E-state index in [0.717, 1.165) is 6.42 Å². The number of carboxylic acid groups (broad SMARTS) is 1. The maximum Gasteiger partial charge on any atom is 0.326 e. The number of carboxylic acids is 1. The molecule has 0 aromatic carbocycles. The van der Waals surface area contributed by atoms with Crippen LogP contribution in [0.2, 0.25) is 0 Å². The first-order valence-corrected chi connectivity index (χ1v) is 5.83. The Morgan fingerprint density at radius 2 is 2.33 bits per heavy atom. The largest absolute Gasteiger partial charge is 0.480 e. The van der Waals surface area contributed by atoms with E-state index in [4.69, 9.17) is 5.26 Å². The highest BCUT2D eigenvalue weighted by Gasteiger charge is 2.32. The molecule has 0 amide bonds. The summed E-state index contributed by atoms with van der Waals surface area (Å²) in [5.41, 5.74) is 0.232. The summed E-state index contributed by atoms with van der Waals surface area (Å²) in [6, 6.07) is 1.33. The van der Waals surface area contributed by atoms with Crippen molar-refractivity contribution in [3.63, 3.8) is 0 Å². The minimum absolute atomic E-state index is 0.232. The molecule has 1 fully saturated rings. The highest BCUT2D eigenvalue weighted by molar-refractivity contribution is 5.77. The molecule has 0 spiro atoms. The van der Waals surface area contributed by atoms with Crippen molar-refractivity contribution in [1.82, 2.24) is 9.97 Å². The Bertz CT molecular complexity index is 480. The summed E-state index contributed by atoms with van der Waals surface area (Å²) in [7, 11) is 0. The van der Waals surface area contributed by atoms with Crippen LogP contribution in [0, 0.1) is 17.2 Å². The lowest BCUT2D eigenvalue weighted by Crippen LogP contribution is -2.47. The first-order chi connectivity index (χ1) is 8.61. The number of nitrogens with zero attached hydrogens (tertiary/aromatic N) is 4. The number of piperidine rings is 1. The third-order valence-corrected chi connectivity index (χ3v) is 3.20. The molecular weight excluding hydrogens is 232 g/mol. The molecular formula is C12H14N4O2. The Kier molecular flexibility index (Phi) is 3.42. The molecule has 0 aliphatic carbocycles. The standard InChI is InChI=1S/C12H14N4O2/c1-8-2-3-16(10(4-8)12(17)18)11-7-14-9(5-13)6-15-11/h6-8,10H,2-4H2,1H3,(H,17,18). The van der Waals surface area contributed by atoms with Gasteiger partial charge in [-0.3, -0.25) is 0 Å². The number of aliphatic carboxylic acids is 1. The highest BCUT2D eigenvalue weighted by Crippen LogP contribution is 2.26. The smallest absolute Gasteiger partial charge is 0.326 e.